The summed E-state index contributed by atoms with van der Waals surface area (Å²) >= 11 is 5.88. The number of hydrogen-bond acceptors (Lipinski definition) is 3. The molecule has 1 amide bonds. The fourth-order valence-corrected chi connectivity index (χ4v) is 2.68. The fraction of sp³-hybridized carbons (Fsp3) is 0.533. The van der Waals surface area contributed by atoms with Crippen molar-refractivity contribution in [1.29, 1.82) is 0 Å². The number of halogens is 1. The second-order valence-corrected chi connectivity index (χ2v) is 5.68. The monoisotopic (exact) mass is 295 g/mol. The van der Waals surface area contributed by atoms with Gasteiger partial charge >= 0.3 is 0 Å². The Morgan fingerprint density at radius 3 is 2.80 bits per heavy atom. The van der Waals surface area contributed by atoms with E-state index in [4.69, 9.17) is 17.3 Å². The summed E-state index contributed by atoms with van der Waals surface area (Å²) in [4.78, 5) is 14.5. The lowest BCUT2D eigenvalue weighted by atomic mass is 10.1. The van der Waals surface area contributed by atoms with Crippen LogP contribution >= 0.6 is 11.6 Å². The molecule has 1 aromatic carbocycles. The molecule has 1 aromatic rings. The van der Waals surface area contributed by atoms with E-state index >= 15 is 0 Å². The Morgan fingerprint density at radius 1 is 1.30 bits per heavy atom. The molecule has 0 spiro atoms. The zero-order valence-corrected chi connectivity index (χ0v) is 12.5. The van der Waals surface area contributed by atoms with Crippen molar-refractivity contribution in [2.45, 2.75) is 25.7 Å². The standard InChI is InChI=1S/C15H22ClN3O/c16-12-5-6-14(17)13(11-12)15(20)18-7-4-10-19-8-2-1-3-9-19/h5-6,11H,1-4,7-10,17H2,(H,18,20). The predicted octanol–water partition coefficient (Wildman–Crippen LogP) is 2.53. The SMILES string of the molecule is Nc1ccc(Cl)cc1C(=O)NCCCN1CCCCC1. The summed E-state index contributed by atoms with van der Waals surface area (Å²) in [5.41, 5.74) is 6.70. The Bertz CT molecular complexity index is 458. The van der Waals surface area contributed by atoms with E-state index in [0.29, 0.717) is 22.8 Å². The van der Waals surface area contributed by atoms with Crippen molar-refractivity contribution >= 4 is 23.2 Å². The molecule has 0 aromatic heterocycles. The number of anilines is 1. The summed E-state index contributed by atoms with van der Waals surface area (Å²) in [7, 11) is 0. The summed E-state index contributed by atoms with van der Waals surface area (Å²) in [6.07, 6.45) is 4.91. The lowest BCUT2D eigenvalue weighted by Crippen LogP contribution is -2.33. The zero-order valence-electron chi connectivity index (χ0n) is 11.7. The van der Waals surface area contributed by atoms with Crippen molar-refractivity contribution in [1.82, 2.24) is 10.2 Å². The third kappa shape index (κ3) is 4.39. The van der Waals surface area contributed by atoms with E-state index in [1.165, 1.54) is 32.4 Å². The van der Waals surface area contributed by atoms with Crippen LogP contribution < -0.4 is 11.1 Å². The van der Waals surface area contributed by atoms with Crippen molar-refractivity contribution in [2.24, 2.45) is 0 Å². The Labute approximate surface area is 125 Å². The van der Waals surface area contributed by atoms with Gasteiger partial charge in [0.15, 0.2) is 0 Å². The molecule has 0 atom stereocenters. The average molecular weight is 296 g/mol. The highest BCUT2D eigenvalue weighted by Crippen LogP contribution is 2.17. The summed E-state index contributed by atoms with van der Waals surface area (Å²) in [6.45, 7) is 4.09. The number of hydrogen-bond donors (Lipinski definition) is 2. The number of rotatable bonds is 5. The van der Waals surface area contributed by atoms with Crippen molar-refractivity contribution in [3.63, 3.8) is 0 Å². The minimum atomic E-state index is -0.149. The normalized spacial score (nSPS) is 16.1. The molecule has 0 unspecified atom stereocenters. The highest BCUT2D eigenvalue weighted by molar-refractivity contribution is 6.31. The maximum Gasteiger partial charge on any atom is 0.253 e. The second-order valence-electron chi connectivity index (χ2n) is 5.24. The molecule has 3 N–H and O–H groups in total. The molecule has 20 heavy (non-hydrogen) atoms. The van der Waals surface area contributed by atoms with Gasteiger partial charge in [-0.25, -0.2) is 0 Å². The van der Waals surface area contributed by atoms with Crippen molar-refractivity contribution in [2.75, 3.05) is 31.9 Å². The van der Waals surface area contributed by atoms with Gasteiger partial charge in [-0.15, -0.1) is 0 Å². The van der Waals surface area contributed by atoms with E-state index in [0.717, 1.165) is 13.0 Å². The van der Waals surface area contributed by atoms with Crippen LogP contribution in [-0.2, 0) is 0 Å². The first-order chi connectivity index (χ1) is 9.66. The number of piperidine rings is 1. The number of nitrogens with zero attached hydrogens (tertiary/aromatic N) is 1. The molecule has 1 fully saturated rings. The number of amides is 1. The van der Waals surface area contributed by atoms with Crippen LogP contribution in [0.5, 0.6) is 0 Å². The van der Waals surface area contributed by atoms with Gasteiger partial charge in [0.05, 0.1) is 5.56 Å². The molecule has 1 heterocycles. The largest absolute Gasteiger partial charge is 0.398 e. The van der Waals surface area contributed by atoms with Crippen molar-refractivity contribution < 1.29 is 4.79 Å². The molecule has 0 aliphatic carbocycles. The van der Waals surface area contributed by atoms with Crippen LogP contribution in [0.25, 0.3) is 0 Å². The van der Waals surface area contributed by atoms with Crippen LogP contribution in [0.3, 0.4) is 0 Å². The van der Waals surface area contributed by atoms with Gasteiger partial charge in [-0.3, -0.25) is 4.79 Å². The Kier molecular flexibility index (Phi) is 5.68. The second kappa shape index (κ2) is 7.50. The van der Waals surface area contributed by atoms with E-state index in [-0.39, 0.29) is 5.91 Å². The minimum Gasteiger partial charge on any atom is -0.398 e. The molecule has 4 nitrogen and oxygen atoms in total. The number of nitrogen functional groups attached to an aromatic ring is 1. The topological polar surface area (TPSA) is 58.4 Å². The predicted molar refractivity (Wildman–Crippen MR) is 83.1 cm³/mol. The number of carbonyl (C=O) groups excluding carboxylic acids is 1. The van der Waals surface area contributed by atoms with Crippen LogP contribution in [0.1, 0.15) is 36.0 Å². The van der Waals surface area contributed by atoms with Gasteiger partial charge in [0.2, 0.25) is 0 Å². The number of benzene rings is 1. The first kappa shape index (κ1) is 15.1. The van der Waals surface area contributed by atoms with Gasteiger partial charge in [0.1, 0.15) is 0 Å². The van der Waals surface area contributed by atoms with Crippen LogP contribution in [0.15, 0.2) is 18.2 Å². The molecule has 1 aliphatic rings. The Balaban J connectivity index is 1.73. The molecule has 0 saturated carbocycles. The minimum absolute atomic E-state index is 0.149. The summed E-state index contributed by atoms with van der Waals surface area (Å²) in [6, 6.07) is 4.95. The Hall–Kier alpha value is -1.26. The molecular weight excluding hydrogens is 274 g/mol. The highest BCUT2D eigenvalue weighted by atomic mass is 35.5. The van der Waals surface area contributed by atoms with Gasteiger partial charge < -0.3 is 16.0 Å². The third-order valence-corrected chi connectivity index (χ3v) is 3.88. The maximum atomic E-state index is 12.0. The van der Waals surface area contributed by atoms with E-state index in [1.807, 2.05) is 0 Å². The number of carbonyl (C=O) groups is 1. The van der Waals surface area contributed by atoms with E-state index < -0.39 is 0 Å². The summed E-state index contributed by atoms with van der Waals surface area (Å²) < 4.78 is 0. The molecular formula is C15H22ClN3O. The molecule has 110 valence electrons. The number of likely N-dealkylation sites (tertiary alicyclic amines) is 1. The van der Waals surface area contributed by atoms with Crippen molar-refractivity contribution in [3.05, 3.63) is 28.8 Å². The van der Waals surface area contributed by atoms with Crippen molar-refractivity contribution in [3.8, 4) is 0 Å². The maximum absolute atomic E-state index is 12.0. The van der Waals surface area contributed by atoms with Crippen LogP contribution in [-0.4, -0.2) is 37.0 Å². The van der Waals surface area contributed by atoms with Crippen LogP contribution in [0.4, 0.5) is 5.69 Å². The van der Waals surface area contributed by atoms with Gasteiger partial charge in [-0.1, -0.05) is 18.0 Å². The lowest BCUT2D eigenvalue weighted by Gasteiger charge is -2.26. The molecule has 0 radical (unpaired) electrons. The summed E-state index contributed by atoms with van der Waals surface area (Å²) in [5.74, 6) is -0.149. The lowest BCUT2D eigenvalue weighted by molar-refractivity contribution is 0.0952. The highest BCUT2D eigenvalue weighted by Gasteiger charge is 2.11. The van der Waals surface area contributed by atoms with E-state index in [2.05, 4.69) is 10.2 Å². The van der Waals surface area contributed by atoms with Crippen LogP contribution in [0.2, 0.25) is 5.02 Å². The molecule has 2 rings (SSSR count). The first-order valence-corrected chi connectivity index (χ1v) is 7.60. The molecule has 1 saturated heterocycles. The first-order valence-electron chi connectivity index (χ1n) is 7.22. The zero-order chi connectivity index (χ0) is 14.4. The molecule has 0 bridgehead atoms. The molecule has 1 aliphatic heterocycles. The van der Waals surface area contributed by atoms with E-state index in [1.54, 1.807) is 18.2 Å². The Morgan fingerprint density at radius 2 is 2.05 bits per heavy atom. The van der Waals surface area contributed by atoms with Crippen LogP contribution in [0, 0.1) is 0 Å². The average Bonchev–Trinajstić information content (AvgIpc) is 2.47. The third-order valence-electron chi connectivity index (χ3n) is 3.65. The summed E-state index contributed by atoms with van der Waals surface area (Å²) in [5, 5.41) is 3.43. The van der Waals surface area contributed by atoms with Gasteiger partial charge in [0, 0.05) is 17.3 Å². The number of nitrogens with one attached hydrogen (secondary N) is 1. The quantitative estimate of drug-likeness (QED) is 0.648. The fourth-order valence-electron chi connectivity index (χ4n) is 2.51. The van der Waals surface area contributed by atoms with Gasteiger partial charge in [-0.2, -0.15) is 0 Å². The number of nitrogens with two attached hydrogens (primary N) is 1. The van der Waals surface area contributed by atoms with Gasteiger partial charge in [0.25, 0.3) is 5.91 Å². The van der Waals surface area contributed by atoms with Gasteiger partial charge in [-0.05, 0) is 57.1 Å². The smallest absolute Gasteiger partial charge is 0.253 e. The molecule has 5 heteroatoms. The van der Waals surface area contributed by atoms with E-state index in [9.17, 15) is 4.79 Å².